The van der Waals surface area contributed by atoms with E-state index in [1.807, 2.05) is 19.1 Å². The Morgan fingerprint density at radius 2 is 2.12 bits per heavy atom. The van der Waals surface area contributed by atoms with Crippen LogP contribution < -0.4 is 10.2 Å². The Labute approximate surface area is 96.5 Å². The molecule has 0 spiro atoms. The van der Waals surface area contributed by atoms with Gasteiger partial charge in [-0.05, 0) is 38.5 Å². The fourth-order valence-electron chi connectivity index (χ4n) is 2.22. The zero-order chi connectivity index (χ0) is 11.8. The molecule has 88 valence electrons. The van der Waals surface area contributed by atoms with Gasteiger partial charge < -0.3 is 10.2 Å². The molecule has 1 fully saturated rings. The van der Waals surface area contributed by atoms with Gasteiger partial charge in [0.05, 0.1) is 5.69 Å². The fourth-order valence-corrected chi connectivity index (χ4v) is 2.22. The van der Waals surface area contributed by atoms with Gasteiger partial charge in [-0.2, -0.15) is 0 Å². The maximum absolute atomic E-state index is 13.8. The van der Waals surface area contributed by atoms with Crippen LogP contribution in [0.3, 0.4) is 0 Å². The Morgan fingerprint density at radius 3 is 2.75 bits per heavy atom. The van der Waals surface area contributed by atoms with E-state index in [0.29, 0.717) is 0 Å². The summed E-state index contributed by atoms with van der Waals surface area (Å²) in [5, 5.41) is 3.42. The average Bonchev–Trinajstić information content (AvgIpc) is 2.15. The summed E-state index contributed by atoms with van der Waals surface area (Å²) >= 11 is 0. The number of benzene rings is 1. The minimum Gasteiger partial charge on any atom is -0.366 e. The number of nitrogens with one attached hydrogen (secondary N) is 1. The van der Waals surface area contributed by atoms with Gasteiger partial charge in [-0.15, -0.1) is 0 Å². The largest absolute Gasteiger partial charge is 0.366 e. The van der Waals surface area contributed by atoms with Gasteiger partial charge >= 0.3 is 0 Å². The predicted molar refractivity (Wildman–Crippen MR) is 65.4 cm³/mol. The number of nitrogens with zero attached hydrogens (tertiary/aromatic N) is 1. The lowest BCUT2D eigenvalue weighted by Gasteiger charge is -2.40. The normalized spacial score (nSPS) is 19.9. The van der Waals surface area contributed by atoms with Crippen LogP contribution in [0.15, 0.2) is 18.2 Å². The van der Waals surface area contributed by atoms with Gasteiger partial charge in [0.1, 0.15) is 5.82 Å². The number of aryl methyl sites for hydroxylation is 1. The van der Waals surface area contributed by atoms with Gasteiger partial charge in [-0.25, -0.2) is 4.39 Å². The van der Waals surface area contributed by atoms with Crippen LogP contribution in [0.5, 0.6) is 0 Å². The van der Waals surface area contributed by atoms with Gasteiger partial charge in [0.15, 0.2) is 0 Å². The van der Waals surface area contributed by atoms with Crippen LogP contribution in [0.25, 0.3) is 0 Å². The first-order valence-electron chi connectivity index (χ1n) is 5.74. The predicted octanol–water partition coefficient (Wildman–Crippen LogP) is 2.32. The van der Waals surface area contributed by atoms with Crippen LogP contribution >= 0.6 is 0 Å². The molecule has 3 heteroatoms. The summed E-state index contributed by atoms with van der Waals surface area (Å²) in [7, 11) is 0. The third-order valence-electron chi connectivity index (χ3n) is 3.02. The number of anilines is 1. The molecular weight excluding hydrogens is 203 g/mol. The second-order valence-electron chi connectivity index (χ2n) is 5.19. The molecule has 0 saturated carbocycles. The minimum atomic E-state index is -0.113. The van der Waals surface area contributed by atoms with E-state index in [9.17, 15) is 4.39 Å². The first kappa shape index (κ1) is 11.4. The van der Waals surface area contributed by atoms with Crippen molar-refractivity contribution in [3.05, 3.63) is 29.6 Å². The van der Waals surface area contributed by atoms with Crippen LogP contribution in [-0.2, 0) is 0 Å². The lowest BCUT2D eigenvalue weighted by atomic mass is 10.0. The van der Waals surface area contributed by atoms with E-state index < -0.39 is 0 Å². The molecule has 0 unspecified atom stereocenters. The summed E-state index contributed by atoms with van der Waals surface area (Å²) in [6.45, 7) is 8.81. The monoisotopic (exact) mass is 222 g/mol. The maximum atomic E-state index is 13.8. The van der Waals surface area contributed by atoms with Crippen molar-refractivity contribution in [3.8, 4) is 0 Å². The van der Waals surface area contributed by atoms with E-state index >= 15 is 0 Å². The number of hydrogen-bond donors (Lipinski definition) is 1. The van der Waals surface area contributed by atoms with E-state index in [4.69, 9.17) is 0 Å². The molecule has 0 bridgehead atoms. The van der Waals surface area contributed by atoms with Crippen molar-refractivity contribution < 1.29 is 4.39 Å². The van der Waals surface area contributed by atoms with Crippen molar-refractivity contribution in [1.82, 2.24) is 5.32 Å². The second kappa shape index (κ2) is 4.06. The zero-order valence-corrected chi connectivity index (χ0v) is 10.2. The van der Waals surface area contributed by atoms with Crippen molar-refractivity contribution in [2.45, 2.75) is 26.3 Å². The molecule has 2 rings (SSSR count). The maximum Gasteiger partial charge on any atom is 0.146 e. The first-order valence-corrected chi connectivity index (χ1v) is 5.74. The highest BCUT2D eigenvalue weighted by molar-refractivity contribution is 5.50. The fraction of sp³-hybridized carbons (Fsp3) is 0.538. The highest BCUT2D eigenvalue weighted by atomic mass is 19.1. The van der Waals surface area contributed by atoms with Crippen molar-refractivity contribution in [2.75, 3.05) is 24.5 Å². The lowest BCUT2D eigenvalue weighted by Crippen LogP contribution is -2.57. The molecule has 0 aromatic heterocycles. The molecule has 0 amide bonds. The van der Waals surface area contributed by atoms with Gasteiger partial charge in [0.25, 0.3) is 0 Å². The van der Waals surface area contributed by atoms with E-state index in [-0.39, 0.29) is 11.4 Å². The summed E-state index contributed by atoms with van der Waals surface area (Å²) < 4.78 is 13.8. The van der Waals surface area contributed by atoms with E-state index in [1.54, 1.807) is 6.07 Å². The van der Waals surface area contributed by atoms with Gasteiger partial charge in [0, 0.05) is 25.2 Å². The minimum absolute atomic E-state index is 0.0512. The molecule has 16 heavy (non-hydrogen) atoms. The van der Waals surface area contributed by atoms with Crippen LogP contribution in [-0.4, -0.2) is 25.2 Å². The Kier molecular flexibility index (Phi) is 2.89. The Balaban J connectivity index is 2.23. The molecule has 0 atom stereocenters. The van der Waals surface area contributed by atoms with Crippen LogP contribution in [0.1, 0.15) is 19.4 Å². The van der Waals surface area contributed by atoms with Crippen LogP contribution in [0, 0.1) is 12.7 Å². The SMILES string of the molecule is Cc1ccc(N2CCNC(C)(C)C2)c(F)c1. The molecule has 0 aliphatic carbocycles. The van der Waals surface area contributed by atoms with E-state index in [0.717, 1.165) is 30.9 Å². The summed E-state index contributed by atoms with van der Waals surface area (Å²) in [5.41, 5.74) is 1.74. The van der Waals surface area contributed by atoms with Crippen molar-refractivity contribution in [2.24, 2.45) is 0 Å². The summed E-state index contributed by atoms with van der Waals surface area (Å²) in [6.07, 6.45) is 0. The van der Waals surface area contributed by atoms with E-state index in [2.05, 4.69) is 24.1 Å². The molecule has 1 aliphatic rings. The van der Waals surface area contributed by atoms with Gasteiger partial charge in [-0.3, -0.25) is 0 Å². The number of piperazine rings is 1. The number of rotatable bonds is 1. The third-order valence-corrected chi connectivity index (χ3v) is 3.02. The quantitative estimate of drug-likeness (QED) is 0.784. The topological polar surface area (TPSA) is 15.3 Å². The van der Waals surface area contributed by atoms with Crippen molar-refractivity contribution in [3.63, 3.8) is 0 Å². The summed E-state index contributed by atoms with van der Waals surface area (Å²) in [4.78, 5) is 2.12. The Morgan fingerprint density at radius 1 is 1.38 bits per heavy atom. The molecule has 1 aromatic carbocycles. The van der Waals surface area contributed by atoms with Gasteiger partial charge in [0.2, 0.25) is 0 Å². The highest BCUT2D eigenvalue weighted by Gasteiger charge is 2.26. The van der Waals surface area contributed by atoms with Crippen LogP contribution in [0.4, 0.5) is 10.1 Å². The second-order valence-corrected chi connectivity index (χ2v) is 5.19. The highest BCUT2D eigenvalue weighted by Crippen LogP contribution is 2.23. The van der Waals surface area contributed by atoms with Crippen molar-refractivity contribution >= 4 is 5.69 Å². The average molecular weight is 222 g/mol. The lowest BCUT2D eigenvalue weighted by molar-refractivity contribution is 0.351. The number of halogens is 1. The molecule has 1 saturated heterocycles. The smallest absolute Gasteiger partial charge is 0.146 e. The molecule has 2 nitrogen and oxygen atoms in total. The molecule has 1 heterocycles. The summed E-state index contributed by atoms with van der Waals surface area (Å²) in [5.74, 6) is -0.113. The molecular formula is C13H19FN2. The van der Waals surface area contributed by atoms with Crippen LogP contribution in [0.2, 0.25) is 0 Å². The molecule has 1 N–H and O–H groups in total. The van der Waals surface area contributed by atoms with E-state index in [1.165, 1.54) is 0 Å². The summed E-state index contributed by atoms with van der Waals surface area (Å²) in [6, 6.07) is 5.45. The van der Waals surface area contributed by atoms with Gasteiger partial charge in [-0.1, -0.05) is 6.07 Å². The zero-order valence-electron chi connectivity index (χ0n) is 10.2. The Bertz CT molecular complexity index is 388. The Hall–Kier alpha value is -1.09. The third kappa shape index (κ3) is 2.35. The molecule has 0 radical (unpaired) electrons. The number of hydrogen-bond acceptors (Lipinski definition) is 2. The standard InChI is InChI=1S/C13H19FN2/c1-10-4-5-12(11(14)8-10)16-7-6-15-13(2,3)9-16/h4-5,8,15H,6-7,9H2,1-3H3. The first-order chi connectivity index (χ1) is 7.48. The van der Waals surface area contributed by atoms with Crippen molar-refractivity contribution in [1.29, 1.82) is 0 Å². The molecule has 1 aliphatic heterocycles. The molecule has 1 aromatic rings.